The molecule has 0 N–H and O–H groups in total. The molecular formula is C9H19NO. The minimum atomic E-state index is 0.495. The Morgan fingerprint density at radius 1 is 1.45 bits per heavy atom. The van der Waals surface area contributed by atoms with E-state index in [9.17, 15) is 0 Å². The van der Waals surface area contributed by atoms with E-state index in [-0.39, 0.29) is 0 Å². The molecular weight excluding hydrogens is 138 g/mol. The minimum Gasteiger partial charge on any atom is -0.377 e. The molecule has 1 aliphatic rings. The van der Waals surface area contributed by atoms with E-state index in [2.05, 4.69) is 25.8 Å². The standard InChI is InChI=1S/C9H19NO/c1-4-8-9(11-5-2)6-7-10(8)3/h8-9H,4-7H2,1-3H3/t8-,9+/m1/s1. The maximum Gasteiger partial charge on any atom is 0.0742 e. The molecule has 0 aromatic rings. The van der Waals surface area contributed by atoms with E-state index in [0.29, 0.717) is 12.1 Å². The summed E-state index contributed by atoms with van der Waals surface area (Å²) in [7, 11) is 2.19. The van der Waals surface area contributed by atoms with E-state index in [1.807, 2.05) is 0 Å². The molecule has 0 aliphatic carbocycles. The number of hydrogen-bond donors (Lipinski definition) is 0. The molecule has 2 nitrogen and oxygen atoms in total. The Hall–Kier alpha value is -0.0800. The molecule has 1 saturated heterocycles. The molecule has 0 amide bonds. The fourth-order valence-corrected chi connectivity index (χ4v) is 1.96. The maximum absolute atomic E-state index is 5.64. The number of rotatable bonds is 3. The van der Waals surface area contributed by atoms with Gasteiger partial charge in [-0.15, -0.1) is 0 Å². The molecule has 2 atom stereocenters. The largest absolute Gasteiger partial charge is 0.377 e. The van der Waals surface area contributed by atoms with Gasteiger partial charge in [0.15, 0.2) is 0 Å². The number of nitrogens with zero attached hydrogens (tertiary/aromatic N) is 1. The zero-order valence-electron chi connectivity index (χ0n) is 7.84. The summed E-state index contributed by atoms with van der Waals surface area (Å²) >= 11 is 0. The zero-order chi connectivity index (χ0) is 8.27. The van der Waals surface area contributed by atoms with E-state index in [0.717, 1.165) is 6.61 Å². The lowest BCUT2D eigenvalue weighted by molar-refractivity contribution is 0.0377. The fraction of sp³-hybridized carbons (Fsp3) is 1.00. The first-order chi connectivity index (χ1) is 5.29. The Morgan fingerprint density at radius 2 is 2.18 bits per heavy atom. The van der Waals surface area contributed by atoms with Crippen molar-refractivity contribution < 1.29 is 4.74 Å². The minimum absolute atomic E-state index is 0.495. The van der Waals surface area contributed by atoms with Crippen molar-refractivity contribution >= 4 is 0 Å². The molecule has 0 bridgehead atoms. The number of likely N-dealkylation sites (tertiary alicyclic amines) is 1. The molecule has 0 unspecified atom stereocenters. The highest BCUT2D eigenvalue weighted by molar-refractivity contribution is 4.84. The first-order valence-electron chi connectivity index (χ1n) is 4.61. The summed E-state index contributed by atoms with van der Waals surface area (Å²) in [6.45, 7) is 6.36. The number of likely N-dealkylation sites (N-methyl/N-ethyl adjacent to an activating group) is 1. The van der Waals surface area contributed by atoms with Crippen molar-refractivity contribution in [2.45, 2.75) is 38.8 Å². The SMILES string of the molecule is CCO[C@H]1CCN(C)[C@@H]1CC. The molecule has 0 aromatic heterocycles. The Labute approximate surface area is 69.5 Å². The average molecular weight is 157 g/mol. The van der Waals surface area contributed by atoms with E-state index in [4.69, 9.17) is 4.74 Å². The van der Waals surface area contributed by atoms with Crippen LogP contribution in [0.15, 0.2) is 0 Å². The number of hydrogen-bond acceptors (Lipinski definition) is 2. The predicted molar refractivity (Wildman–Crippen MR) is 46.7 cm³/mol. The van der Waals surface area contributed by atoms with E-state index in [1.54, 1.807) is 0 Å². The third-order valence-electron chi connectivity index (χ3n) is 2.56. The van der Waals surface area contributed by atoms with Crippen LogP contribution >= 0.6 is 0 Å². The second-order valence-electron chi connectivity index (χ2n) is 3.24. The first kappa shape index (κ1) is 9.01. The summed E-state index contributed by atoms with van der Waals surface area (Å²) in [5.74, 6) is 0. The average Bonchev–Trinajstić information content (AvgIpc) is 2.33. The maximum atomic E-state index is 5.64. The lowest BCUT2D eigenvalue weighted by Crippen LogP contribution is -2.32. The Bertz CT molecular complexity index is 114. The summed E-state index contributed by atoms with van der Waals surface area (Å²) in [5, 5.41) is 0. The van der Waals surface area contributed by atoms with Gasteiger partial charge < -0.3 is 9.64 Å². The van der Waals surface area contributed by atoms with Gasteiger partial charge in [-0.1, -0.05) is 6.92 Å². The summed E-state index contributed by atoms with van der Waals surface area (Å²) in [5.41, 5.74) is 0. The highest BCUT2D eigenvalue weighted by Gasteiger charge is 2.30. The normalized spacial score (nSPS) is 33.0. The van der Waals surface area contributed by atoms with Crippen molar-refractivity contribution in [2.24, 2.45) is 0 Å². The molecule has 0 spiro atoms. The fourth-order valence-electron chi connectivity index (χ4n) is 1.96. The van der Waals surface area contributed by atoms with E-state index in [1.165, 1.54) is 19.4 Å². The van der Waals surface area contributed by atoms with Crippen LogP contribution in [0.5, 0.6) is 0 Å². The Kier molecular flexibility index (Phi) is 3.34. The highest BCUT2D eigenvalue weighted by Crippen LogP contribution is 2.21. The van der Waals surface area contributed by atoms with Crippen molar-refractivity contribution in [1.82, 2.24) is 4.90 Å². The van der Waals surface area contributed by atoms with Gasteiger partial charge in [0.25, 0.3) is 0 Å². The van der Waals surface area contributed by atoms with Gasteiger partial charge in [0.1, 0.15) is 0 Å². The molecule has 1 aliphatic heterocycles. The molecule has 66 valence electrons. The van der Waals surface area contributed by atoms with Crippen LogP contribution in [0.25, 0.3) is 0 Å². The molecule has 0 radical (unpaired) electrons. The topological polar surface area (TPSA) is 12.5 Å². The first-order valence-corrected chi connectivity index (χ1v) is 4.61. The van der Waals surface area contributed by atoms with Crippen LogP contribution in [-0.2, 0) is 4.74 Å². The van der Waals surface area contributed by atoms with Gasteiger partial charge in [0, 0.05) is 19.2 Å². The van der Waals surface area contributed by atoms with E-state index < -0.39 is 0 Å². The molecule has 0 saturated carbocycles. The molecule has 2 heteroatoms. The van der Waals surface area contributed by atoms with Crippen molar-refractivity contribution in [2.75, 3.05) is 20.2 Å². The lowest BCUT2D eigenvalue weighted by Gasteiger charge is -2.22. The van der Waals surface area contributed by atoms with Crippen LogP contribution in [0.4, 0.5) is 0 Å². The second-order valence-corrected chi connectivity index (χ2v) is 3.24. The predicted octanol–water partition coefficient (Wildman–Crippen LogP) is 1.51. The summed E-state index contributed by atoms with van der Waals surface area (Å²) in [4.78, 5) is 2.40. The van der Waals surface area contributed by atoms with Crippen molar-refractivity contribution in [3.8, 4) is 0 Å². The van der Waals surface area contributed by atoms with Crippen LogP contribution in [0.1, 0.15) is 26.7 Å². The van der Waals surface area contributed by atoms with Gasteiger partial charge in [-0.2, -0.15) is 0 Å². The molecule has 0 aromatic carbocycles. The summed E-state index contributed by atoms with van der Waals surface area (Å²) in [6.07, 6.45) is 2.92. The lowest BCUT2D eigenvalue weighted by atomic mass is 10.1. The van der Waals surface area contributed by atoms with Gasteiger partial charge >= 0.3 is 0 Å². The zero-order valence-corrected chi connectivity index (χ0v) is 7.84. The van der Waals surface area contributed by atoms with Crippen molar-refractivity contribution in [3.63, 3.8) is 0 Å². The van der Waals surface area contributed by atoms with E-state index >= 15 is 0 Å². The molecule has 1 rings (SSSR count). The van der Waals surface area contributed by atoms with Gasteiger partial charge in [-0.3, -0.25) is 0 Å². The monoisotopic (exact) mass is 157 g/mol. The highest BCUT2D eigenvalue weighted by atomic mass is 16.5. The van der Waals surface area contributed by atoms with Crippen LogP contribution in [-0.4, -0.2) is 37.2 Å². The quantitative estimate of drug-likeness (QED) is 0.615. The molecule has 1 heterocycles. The summed E-state index contributed by atoms with van der Waals surface area (Å²) in [6, 6.07) is 0.662. The Morgan fingerprint density at radius 3 is 2.73 bits per heavy atom. The third-order valence-corrected chi connectivity index (χ3v) is 2.56. The van der Waals surface area contributed by atoms with Crippen molar-refractivity contribution in [1.29, 1.82) is 0 Å². The van der Waals surface area contributed by atoms with Gasteiger partial charge in [-0.05, 0) is 26.8 Å². The van der Waals surface area contributed by atoms with Crippen molar-refractivity contribution in [3.05, 3.63) is 0 Å². The third kappa shape index (κ3) is 1.94. The van der Waals surface area contributed by atoms with Gasteiger partial charge in [0.05, 0.1) is 6.10 Å². The van der Waals surface area contributed by atoms with Crippen LogP contribution in [0.2, 0.25) is 0 Å². The summed E-state index contributed by atoms with van der Waals surface area (Å²) < 4.78 is 5.64. The van der Waals surface area contributed by atoms with Gasteiger partial charge in [0.2, 0.25) is 0 Å². The molecule has 1 fully saturated rings. The second kappa shape index (κ2) is 4.07. The Balaban J connectivity index is 2.40. The smallest absolute Gasteiger partial charge is 0.0742 e. The van der Waals surface area contributed by atoms with Gasteiger partial charge in [-0.25, -0.2) is 0 Å². The molecule has 11 heavy (non-hydrogen) atoms. The van der Waals surface area contributed by atoms with Crippen LogP contribution < -0.4 is 0 Å². The van der Waals surface area contributed by atoms with Crippen LogP contribution in [0, 0.1) is 0 Å². The number of ether oxygens (including phenoxy) is 1. The van der Waals surface area contributed by atoms with Crippen LogP contribution in [0.3, 0.4) is 0 Å².